The molecule has 1 saturated heterocycles. The van der Waals surface area contributed by atoms with E-state index in [1.807, 2.05) is 72.8 Å². The zero-order valence-corrected chi connectivity index (χ0v) is 17.0. The average molecular weight is 402 g/mol. The van der Waals surface area contributed by atoms with Gasteiger partial charge in [-0.15, -0.1) is 0 Å². The third-order valence-corrected chi connectivity index (χ3v) is 5.24. The minimum Gasteiger partial charge on any atom is -0.457 e. The molecule has 0 bridgehead atoms. The van der Waals surface area contributed by atoms with E-state index in [0.29, 0.717) is 0 Å². The van der Waals surface area contributed by atoms with Crippen molar-refractivity contribution < 1.29 is 9.53 Å². The Morgan fingerprint density at radius 3 is 2.10 bits per heavy atom. The summed E-state index contributed by atoms with van der Waals surface area (Å²) in [4.78, 5) is 15.1. The van der Waals surface area contributed by atoms with Crippen molar-refractivity contribution in [2.24, 2.45) is 0 Å². The molecule has 154 valence electrons. The van der Waals surface area contributed by atoms with Gasteiger partial charge in [-0.25, -0.2) is 4.79 Å². The normalized spacial score (nSPS) is 14.8. The van der Waals surface area contributed by atoms with Gasteiger partial charge in [-0.1, -0.05) is 48.5 Å². The summed E-state index contributed by atoms with van der Waals surface area (Å²) in [5.74, 6) is 1.51. The van der Waals surface area contributed by atoms with E-state index in [-0.39, 0.29) is 12.1 Å². The number of ether oxygens (including phenoxy) is 1. The van der Waals surface area contributed by atoms with Crippen LogP contribution in [0.2, 0.25) is 0 Å². The number of urea groups is 1. The summed E-state index contributed by atoms with van der Waals surface area (Å²) in [6, 6.07) is 26.9. The highest BCUT2D eigenvalue weighted by molar-refractivity contribution is 5.89. The van der Waals surface area contributed by atoms with Crippen LogP contribution >= 0.6 is 0 Å². The Morgan fingerprint density at radius 2 is 1.43 bits per heavy atom. The van der Waals surface area contributed by atoms with E-state index in [9.17, 15) is 4.79 Å². The summed E-state index contributed by atoms with van der Waals surface area (Å²) in [6.45, 7) is 3.01. The first-order valence-electron chi connectivity index (χ1n) is 10.4. The van der Waals surface area contributed by atoms with Crippen molar-refractivity contribution >= 4 is 11.7 Å². The predicted octanol–water partition coefficient (Wildman–Crippen LogP) is 5.44. The molecule has 1 heterocycles. The molecular formula is C25H27N3O2. The molecule has 0 spiro atoms. The highest BCUT2D eigenvalue weighted by atomic mass is 16.5. The summed E-state index contributed by atoms with van der Waals surface area (Å²) < 4.78 is 5.80. The van der Waals surface area contributed by atoms with Crippen molar-refractivity contribution in [1.82, 2.24) is 10.2 Å². The van der Waals surface area contributed by atoms with Crippen LogP contribution in [0.25, 0.3) is 0 Å². The quantitative estimate of drug-likeness (QED) is 0.554. The minimum atomic E-state index is -0.209. The molecule has 5 heteroatoms. The van der Waals surface area contributed by atoms with Crippen LogP contribution < -0.4 is 15.4 Å². The Kier molecular flexibility index (Phi) is 6.62. The molecule has 0 aromatic heterocycles. The lowest BCUT2D eigenvalue weighted by Crippen LogP contribution is -2.39. The second-order valence-electron chi connectivity index (χ2n) is 7.51. The molecule has 2 amide bonds. The number of hydrogen-bond acceptors (Lipinski definition) is 3. The van der Waals surface area contributed by atoms with Crippen LogP contribution in [0.5, 0.6) is 11.5 Å². The van der Waals surface area contributed by atoms with Gasteiger partial charge in [0, 0.05) is 12.2 Å². The number of carbonyl (C=O) groups excluding carboxylic acids is 1. The fourth-order valence-electron chi connectivity index (χ4n) is 3.70. The lowest BCUT2D eigenvalue weighted by molar-refractivity contribution is 0.240. The van der Waals surface area contributed by atoms with Crippen molar-refractivity contribution in [3.05, 3.63) is 90.5 Å². The Bertz CT molecular complexity index is 924. The highest BCUT2D eigenvalue weighted by Crippen LogP contribution is 2.23. The molecule has 5 nitrogen and oxygen atoms in total. The molecule has 30 heavy (non-hydrogen) atoms. The monoisotopic (exact) mass is 401 g/mol. The third kappa shape index (κ3) is 5.61. The molecular weight excluding hydrogens is 374 g/mol. The fraction of sp³-hybridized carbons (Fsp3) is 0.240. The van der Waals surface area contributed by atoms with Gasteiger partial charge in [-0.2, -0.15) is 0 Å². The lowest BCUT2D eigenvalue weighted by atomic mass is 10.1. The lowest BCUT2D eigenvalue weighted by Gasteiger charge is -2.25. The molecule has 1 fully saturated rings. The summed E-state index contributed by atoms with van der Waals surface area (Å²) >= 11 is 0. The van der Waals surface area contributed by atoms with Crippen LogP contribution in [0.1, 0.15) is 24.4 Å². The first-order chi connectivity index (χ1) is 14.8. The number of amides is 2. The number of benzene rings is 3. The Labute approximate surface area is 177 Å². The van der Waals surface area contributed by atoms with Gasteiger partial charge in [0.15, 0.2) is 0 Å². The second-order valence-corrected chi connectivity index (χ2v) is 7.51. The zero-order chi connectivity index (χ0) is 20.6. The summed E-state index contributed by atoms with van der Waals surface area (Å²) in [6.07, 6.45) is 2.45. The van der Waals surface area contributed by atoms with Crippen molar-refractivity contribution in [3.63, 3.8) is 0 Å². The number of likely N-dealkylation sites (tertiary alicyclic amines) is 1. The molecule has 1 atom stereocenters. The van der Waals surface area contributed by atoms with Crippen LogP contribution in [0.3, 0.4) is 0 Å². The van der Waals surface area contributed by atoms with E-state index in [0.717, 1.165) is 42.4 Å². The molecule has 1 unspecified atom stereocenters. The summed E-state index contributed by atoms with van der Waals surface area (Å²) in [5.41, 5.74) is 1.84. The maximum atomic E-state index is 12.7. The SMILES string of the molecule is O=C(Nc1ccc(Oc2ccccc2)cc1)NC(CN1CCCC1)c1ccccc1. The zero-order valence-electron chi connectivity index (χ0n) is 17.0. The smallest absolute Gasteiger partial charge is 0.319 e. The second kappa shape index (κ2) is 9.94. The number of hydrogen-bond donors (Lipinski definition) is 2. The molecule has 1 aliphatic rings. The van der Waals surface area contributed by atoms with Crippen molar-refractivity contribution in [2.75, 3.05) is 25.0 Å². The van der Waals surface area contributed by atoms with Gasteiger partial charge in [-0.3, -0.25) is 0 Å². The van der Waals surface area contributed by atoms with Crippen LogP contribution in [0.4, 0.5) is 10.5 Å². The number of nitrogens with zero attached hydrogens (tertiary/aromatic N) is 1. The van der Waals surface area contributed by atoms with Crippen molar-refractivity contribution in [3.8, 4) is 11.5 Å². The van der Waals surface area contributed by atoms with Crippen molar-refractivity contribution in [1.29, 1.82) is 0 Å². The third-order valence-electron chi connectivity index (χ3n) is 5.24. The Balaban J connectivity index is 1.36. The molecule has 4 rings (SSSR count). The predicted molar refractivity (Wildman–Crippen MR) is 120 cm³/mol. The minimum absolute atomic E-state index is 0.0509. The average Bonchev–Trinajstić information content (AvgIpc) is 3.29. The van der Waals surface area contributed by atoms with E-state index in [1.54, 1.807) is 0 Å². The summed E-state index contributed by atoms with van der Waals surface area (Å²) in [7, 11) is 0. The molecule has 1 aliphatic heterocycles. The first kappa shape index (κ1) is 20.0. The molecule has 0 saturated carbocycles. The maximum absolute atomic E-state index is 12.7. The van der Waals surface area contributed by atoms with E-state index in [1.165, 1.54) is 12.8 Å². The molecule has 2 N–H and O–H groups in total. The largest absolute Gasteiger partial charge is 0.457 e. The standard InChI is InChI=1S/C25H27N3O2/c29-25(26-21-13-15-23(16-14-21)30-22-11-5-2-6-12-22)27-24(19-28-17-7-8-18-28)20-9-3-1-4-10-20/h1-6,9-16,24H,7-8,17-19H2,(H2,26,27,29). The van der Waals surface area contributed by atoms with Gasteiger partial charge in [0.1, 0.15) is 11.5 Å². The Morgan fingerprint density at radius 1 is 0.833 bits per heavy atom. The molecule has 3 aromatic carbocycles. The highest BCUT2D eigenvalue weighted by Gasteiger charge is 2.20. The number of carbonyl (C=O) groups is 1. The Hall–Kier alpha value is -3.31. The topological polar surface area (TPSA) is 53.6 Å². The molecule has 0 radical (unpaired) electrons. The number of para-hydroxylation sites is 1. The van der Waals surface area contributed by atoms with Crippen LogP contribution in [-0.2, 0) is 0 Å². The summed E-state index contributed by atoms with van der Waals surface area (Å²) in [5, 5.41) is 6.07. The fourth-order valence-corrected chi connectivity index (χ4v) is 3.70. The van der Waals surface area contributed by atoms with Gasteiger partial charge < -0.3 is 20.3 Å². The van der Waals surface area contributed by atoms with E-state index < -0.39 is 0 Å². The first-order valence-corrected chi connectivity index (χ1v) is 10.4. The molecule has 0 aliphatic carbocycles. The molecule has 3 aromatic rings. The number of anilines is 1. The number of nitrogens with one attached hydrogen (secondary N) is 2. The van der Waals surface area contributed by atoms with E-state index in [4.69, 9.17) is 4.74 Å². The van der Waals surface area contributed by atoms with Gasteiger partial charge in [-0.05, 0) is 67.9 Å². The van der Waals surface area contributed by atoms with Crippen LogP contribution in [0.15, 0.2) is 84.9 Å². The van der Waals surface area contributed by atoms with Crippen LogP contribution in [0, 0.1) is 0 Å². The maximum Gasteiger partial charge on any atom is 0.319 e. The number of rotatable bonds is 7. The van der Waals surface area contributed by atoms with E-state index >= 15 is 0 Å². The van der Waals surface area contributed by atoms with Gasteiger partial charge in [0.25, 0.3) is 0 Å². The van der Waals surface area contributed by atoms with Gasteiger partial charge >= 0.3 is 6.03 Å². The van der Waals surface area contributed by atoms with Gasteiger partial charge in [0.05, 0.1) is 6.04 Å². The van der Waals surface area contributed by atoms with Crippen molar-refractivity contribution in [2.45, 2.75) is 18.9 Å². The van der Waals surface area contributed by atoms with Crippen LogP contribution in [-0.4, -0.2) is 30.6 Å². The van der Waals surface area contributed by atoms with E-state index in [2.05, 4.69) is 27.7 Å². The van der Waals surface area contributed by atoms with Gasteiger partial charge in [0.2, 0.25) is 0 Å².